The lowest BCUT2D eigenvalue weighted by atomic mass is 10.1. The van der Waals surface area contributed by atoms with E-state index in [0.717, 1.165) is 6.92 Å². The first-order valence-corrected chi connectivity index (χ1v) is 10.5. The van der Waals surface area contributed by atoms with Crippen molar-refractivity contribution in [3.05, 3.63) is 0 Å². The van der Waals surface area contributed by atoms with Crippen molar-refractivity contribution in [3.8, 4) is 0 Å². The Morgan fingerprint density at radius 3 is 1.82 bits per heavy atom. The standard InChI is InChI=1S/C17H29FN6O7.C2HF3O2/c1-8(25)14(22-9(2)26)17(31)24-11(6-13(27)28)16(30)23-10(15(20)29)4-3-5-21-12(19)7-18;3-2(4,5)1(6)7/h8,10-11,14,25H,3-7H2,1-2H3,(H2,19,21)(H2,20,29)(H,22,26)(H,23,30)(H,24,31)(H,27,28);(H,6,7)/t8-,10+,11+,14+;/m1./s1. The number of nitrogens with zero attached hydrogens (tertiary/aromatic N) is 1. The number of carboxylic acid groups (broad SMARTS) is 2. The van der Waals surface area contributed by atoms with Gasteiger partial charge >= 0.3 is 18.1 Å². The van der Waals surface area contributed by atoms with Gasteiger partial charge in [0.05, 0.1) is 12.5 Å². The molecule has 0 saturated carbocycles. The highest BCUT2D eigenvalue weighted by molar-refractivity contribution is 5.95. The second-order valence-corrected chi connectivity index (χ2v) is 7.49. The van der Waals surface area contributed by atoms with Crippen LogP contribution in [-0.4, -0.2) is 100 Å². The maximum atomic E-state index is 12.5. The fraction of sp³-hybridized carbons (Fsp3) is 0.632. The van der Waals surface area contributed by atoms with Gasteiger partial charge in [0, 0.05) is 13.5 Å². The normalized spacial score (nSPS) is 14.4. The van der Waals surface area contributed by atoms with Crippen LogP contribution in [0.1, 0.15) is 33.1 Å². The summed E-state index contributed by atoms with van der Waals surface area (Å²) in [5.74, 6) is -7.98. The smallest absolute Gasteiger partial charge is 0.481 e. The second kappa shape index (κ2) is 17.4. The Bertz CT molecular complexity index is 883. The summed E-state index contributed by atoms with van der Waals surface area (Å²) in [6, 6.07) is -4.28. The quantitative estimate of drug-likeness (QED) is 0.0479. The molecule has 4 amide bonds. The summed E-state index contributed by atoms with van der Waals surface area (Å²) in [4.78, 5) is 71.3. The summed E-state index contributed by atoms with van der Waals surface area (Å²) in [6.45, 7) is 1.45. The molecule has 218 valence electrons. The number of aliphatic hydroxyl groups is 1. The Hall–Kier alpha value is -4.03. The van der Waals surface area contributed by atoms with Gasteiger partial charge in [0.2, 0.25) is 23.6 Å². The first kappa shape index (κ1) is 36.1. The zero-order valence-electron chi connectivity index (χ0n) is 20.2. The number of aliphatic carboxylic acids is 2. The first-order valence-electron chi connectivity index (χ1n) is 10.5. The van der Waals surface area contributed by atoms with Crippen LogP contribution in [0.15, 0.2) is 4.99 Å². The molecule has 38 heavy (non-hydrogen) atoms. The maximum Gasteiger partial charge on any atom is 0.490 e. The molecular formula is C19H30F4N6O9. The Balaban J connectivity index is 0. The number of carboxylic acids is 2. The lowest BCUT2D eigenvalue weighted by Gasteiger charge is -2.24. The zero-order chi connectivity index (χ0) is 30.2. The number of aliphatic hydroxyl groups excluding tert-OH is 1. The number of amidine groups is 1. The van der Waals surface area contributed by atoms with E-state index in [4.69, 9.17) is 26.5 Å². The Morgan fingerprint density at radius 1 is 0.947 bits per heavy atom. The first-order chi connectivity index (χ1) is 17.3. The summed E-state index contributed by atoms with van der Waals surface area (Å²) in [5.41, 5.74) is 10.5. The van der Waals surface area contributed by atoms with Crippen molar-refractivity contribution in [1.82, 2.24) is 16.0 Å². The maximum absolute atomic E-state index is 12.5. The van der Waals surface area contributed by atoms with Crippen LogP contribution in [0, 0.1) is 0 Å². The Kier molecular flexibility index (Phi) is 16.6. The van der Waals surface area contributed by atoms with Gasteiger partial charge in [0.25, 0.3) is 0 Å². The Labute approximate surface area is 213 Å². The number of primary amides is 1. The van der Waals surface area contributed by atoms with Crippen LogP contribution in [0.3, 0.4) is 0 Å². The minimum atomic E-state index is -5.08. The van der Waals surface area contributed by atoms with E-state index in [1.807, 2.05) is 0 Å². The molecule has 0 radical (unpaired) electrons. The molecule has 0 bridgehead atoms. The molecule has 0 aromatic rings. The van der Waals surface area contributed by atoms with Crippen molar-refractivity contribution in [1.29, 1.82) is 0 Å². The number of hydrogen-bond donors (Lipinski definition) is 8. The summed E-state index contributed by atoms with van der Waals surface area (Å²) in [5, 5.41) is 32.4. The number of carbonyl (C=O) groups excluding carboxylic acids is 4. The number of carbonyl (C=O) groups is 6. The van der Waals surface area contributed by atoms with Crippen molar-refractivity contribution in [2.75, 3.05) is 13.2 Å². The number of alkyl halides is 4. The molecule has 0 aromatic carbocycles. The van der Waals surface area contributed by atoms with Crippen molar-refractivity contribution < 1.29 is 61.6 Å². The van der Waals surface area contributed by atoms with Crippen LogP contribution in [0.25, 0.3) is 0 Å². The molecule has 0 aliphatic heterocycles. The summed E-state index contributed by atoms with van der Waals surface area (Å²) >= 11 is 0. The second-order valence-electron chi connectivity index (χ2n) is 7.49. The molecule has 0 fully saturated rings. The lowest BCUT2D eigenvalue weighted by molar-refractivity contribution is -0.192. The largest absolute Gasteiger partial charge is 0.490 e. The van der Waals surface area contributed by atoms with Crippen LogP contribution < -0.4 is 27.4 Å². The molecule has 0 aromatic heterocycles. The molecule has 4 atom stereocenters. The van der Waals surface area contributed by atoms with Gasteiger partial charge in [0.1, 0.15) is 30.6 Å². The van der Waals surface area contributed by atoms with Gasteiger partial charge < -0.3 is 42.7 Å². The minimum absolute atomic E-state index is 0.0000675. The third-order valence-electron chi connectivity index (χ3n) is 4.14. The third-order valence-corrected chi connectivity index (χ3v) is 4.14. The molecular weight excluding hydrogens is 532 g/mol. The minimum Gasteiger partial charge on any atom is -0.481 e. The van der Waals surface area contributed by atoms with E-state index in [0.29, 0.717) is 0 Å². The monoisotopic (exact) mass is 562 g/mol. The molecule has 0 aliphatic carbocycles. The van der Waals surface area contributed by atoms with Gasteiger partial charge in [-0.15, -0.1) is 0 Å². The highest BCUT2D eigenvalue weighted by Gasteiger charge is 2.38. The van der Waals surface area contributed by atoms with Gasteiger partial charge in [-0.05, 0) is 19.8 Å². The van der Waals surface area contributed by atoms with Crippen LogP contribution in [0.4, 0.5) is 17.6 Å². The summed E-state index contributed by atoms with van der Waals surface area (Å²) < 4.78 is 44.0. The number of nitrogens with two attached hydrogens (primary N) is 2. The summed E-state index contributed by atoms with van der Waals surface area (Å²) in [6.07, 6.45) is -7.06. The number of hydrogen-bond acceptors (Lipinski definition) is 8. The molecule has 0 aliphatic rings. The van der Waals surface area contributed by atoms with Gasteiger partial charge in [0.15, 0.2) is 0 Å². The molecule has 15 nitrogen and oxygen atoms in total. The SMILES string of the molecule is CC(=O)N[C@H](C(=O)N[C@@H](CC(=O)O)C(=O)N[C@@H](CCCN=C(N)CF)C(N)=O)[C@@H](C)O.O=C(O)C(F)(F)F. The molecule has 0 saturated heterocycles. The van der Waals surface area contributed by atoms with Crippen molar-refractivity contribution >= 4 is 41.4 Å². The van der Waals surface area contributed by atoms with Gasteiger partial charge in [-0.2, -0.15) is 13.2 Å². The topological polar surface area (TPSA) is 264 Å². The number of nitrogens with one attached hydrogen (secondary N) is 3. The van der Waals surface area contributed by atoms with Crippen molar-refractivity contribution in [3.63, 3.8) is 0 Å². The number of rotatable bonds is 14. The van der Waals surface area contributed by atoms with Crippen LogP contribution in [0.2, 0.25) is 0 Å². The fourth-order valence-corrected chi connectivity index (χ4v) is 2.39. The molecule has 0 rings (SSSR count). The third kappa shape index (κ3) is 16.6. The number of aliphatic imine (C=N–C) groups is 1. The van der Waals surface area contributed by atoms with Crippen LogP contribution in [0.5, 0.6) is 0 Å². The number of halogens is 4. The van der Waals surface area contributed by atoms with E-state index in [1.165, 1.54) is 6.92 Å². The van der Waals surface area contributed by atoms with Crippen molar-refractivity contribution in [2.24, 2.45) is 16.5 Å². The molecule has 0 heterocycles. The van der Waals surface area contributed by atoms with Crippen LogP contribution >= 0.6 is 0 Å². The summed E-state index contributed by atoms with van der Waals surface area (Å²) in [7, 11) is 0. The van der Waals surface area contributed by atoms with E-state index >= 15 is 0 Å². The van der Waals surface area contributed by atoms with E-state index < -0.39 is 79.1 Å². The highest BCUT2D eigenvalue weighted by Crippen LogP contribution is 2.13. The predicted octanol–water partition coefficient (Wildman–Crippen LogP) is -2.46. The van der Waals surface area contributed by atoms with E-state index in [9.17, 15) is 46.6 Å². The zero-order valence-corrected chi connectivity index (χ0v) is 20.2. The molecule has 0 unspecified atom stereocenters. The Morgan fingerprint density at radius 2 is 1.45 bits per heavy atom. The van der Waals surface area contributed by atoms with E-state index in [2.05, 4.69) is 20.9 Å². The molecule has 19 heteroatoms. The lowest BCUT2D eigenvalue weighted by Crippen LogP contribution is -2.58. The highest BCUT2D eigenvalue weighted by atomic mass is 19.4. The number of amides is 4. The van der Waals surface area contributed by atoms with Crippen molar-refractivity contribution in [2.45, 2.75) is 63.5 Å². The van der Waals surface area contributed by atoms with Gasteiger partial charge in [-0.1, -0.05) is 0 Å². The average molecular weight is 562 g/mol. The van der Waals surface area contributed by atoms with E-state index in [-0.39, 0.29) is 25.2 Å². The van der Waals surface area contributed by atoms with Gasteiger partial charge in [-0.3, -0.25) is 29.0 Å². The van der Waals surface area contributed by atoms with Gasteiger partial charge in [-0.25, -0.2) is 9.18 Å². The molecule has 10 N–H and O–H groups in total. The van der Waals surface area contributed by atoms with E-state index in [1.54, 1.807) is 0 Å². The fourth-order valence-electron chi connectivity index (χ4n) is 2.39. The van der Waals surface area contributed by atoms with Crippen LogP contribution in [-0.2, 0) is 28.8 Å². The average Bonchev–Trinajstić information content (AvgIpc) is 2.77. The molecule has 0 spiro atoms. The predicted molar refractivity (Wildman–Crippen MR) is 120 cm³/mol.